The predicted octanol–water partition coefficient (Wildman–Crippen LogP) is 9.00. The van der Waals surface area contributed by atoms with E-state index in [0.717, 1.165) is 25.7 Å². The summed E-state index contributed by atoms with van der Waals surface area (Å²) in [5.41, 5.74) is 2.28. The summed E-state index contributed by atoms with van der Waals surface area (Å²) < 4.78 is 0. The molecule has 0 N–H and O–H groups in total. The Hall–Kier alpha value is -0.785. The average molecular weight is 412 g/mol. The number of pyridine rings is 1. The molecule has 170 valence electrons. The number of rotatable bonds is 13. The molecule has 1 aromatic heterocycles. The van der Waals surface area contributed by atoms with Crippen molar-refractivity contribution >= 4 is 7.85 Å². The monoisotopic (exact) mass is 411 g/mol. The summed E-state index contributed by atoms with van der Waals surface area (Å²) in [5, 5.41) is 0. The summed E-state index contributed by atoms with van der Waals surface area (Å²) in [7, 11) is 7.14. The van der Waals surface area contributed by atoms with Gasteiger partial charge in [0.15, 0.2) is 0 Å². The Morgan fingerprint density at radius 3 is 1.70 bits per heavy atom. The van der Waals surface area contributed by atoms with Crippen LogP contribution in [0, 0.1) is 21.7 Å². The van der Waals surface area contributed by atoms with Crippen LogP contribution in [0.1, 0.15) is 126 Å². The number of aromatic nitrogens is 1. The Balaban J connectivity index is 3.48. The molecule has 0 aliphatic heterocycles. The molecular formula is C28H50BN. The minimum absolute atomic E-state index is 0.142. The minimum atomic E-state index is 0.142. The fourth-order valence-electron chi connectivity index (χ4n) is 5.85. The molecule has 0 saturated heterocycles. The van der Waals surface area contributed by atoms with Gasteiger partial charge in [-0.25, -0.2) is 0 Å². The summed E-state index contributed by atoms with van der Waals surface area (Å²) in [6, 6.07) is 4.47. The van der Waals surface area contributed by atoms with E-state index in [0.29, 0.717) is 5.92 Å². The first kappa shape index (κ1) is 27.2. The maximum Gasteiger partial charge on any atom is 0.0707 e. The molecule has 0 fully saturated rings. The normalized spacial score (nSPS) is 17.4. The number of nitrogens with zero attached hydrogens (tertiary/aromatic N) is 1. The Bertz CT molecular complexity index is 617. The van der Waals surface area contributed by atoms with Crippen LogP contribution in [0.15, 0.2) is 24.5 Å². The first-order valence-corrected chi connectivity index (χ1v) is 12.5. The predicted molar refractivity (Wildman–Crippen MR) is 135 cm³/mol. The highest BCUT2D eigenvalue weighted by Crippen LogP contribution is 2.61. The van der Waals surface area contributed by atoms with Gasteiger partial charge in [0, 0.05) is 12.4 Å². The average Bonchev–Trinajstić information content (AvgIpc) is 2.73. The van der Waals surface area contributed by atoms with Gasteiger partial charge in [-0.05, 0) is 51.7 Å². The van der Waals surface area contributed by atoms with Crippen molar-refractivity contribution in [1.82, 2.24) is 4.98 Å². The van der Waals surface area contributed by atoms with Crippen molar-refractivity contribution in [3.63, 3.8) is 0 Å². The summed E-state index contributed by atoms with van der Waals surface area (Å²) in [6.07, 6.45) is 12.0. The molecule has 0 aromatic carbocycles. The summed E-state index contributed by atoms with van der Waals surface area (Å²) in [5.74, 6) is 0.717. The molecule has 3 unspecified atom stereocenters. The second-order valence-corrected chi connectivity index (χ2v) is 11.5. The van der Waals surface area contributed by atoms with Gasteiger partial charge in [0.05, 0.1) is 7.85 Å². The van der Waals surface area contributed by atoms with E-state index in [-0.39, 0.29) is 27.5 Å². The third kappa shape index (κ3) is 5.71. The molecular weight excluding hydrogens is 361 g/mol. The second-order valence-electron chi connectivity index (χ2n) is 11.5. The van der Waals surface area contributed by atoms with Gasteiger partial charge < -0.3 is 0 Å². The van der Waals surface area contributed by atoms with Gasteiger partial charge in [-0.15, -0.1) is 0 Å². The van der Waals surface area contributed by atoms with E-state index in [9.17, 15) is 0 Å². The summed E-state index contributed by atoms with van der Waals surface area (Å²) in [6.45, 7) is 24.0. The maximum atomic E-state index is 7.14. The number of hydrogen-bond donors (Lipinski definition) is 0. The molecule has 3 atom stereocenters. The zero-order valence-electron chi connectivity index (χ0n) is 21.9. The van der Waals surface area contributed by atoms with Gasteiger partial charge in [0.1, 0.15) is 0 Å². The molecule has 1 aromatic rings. The highest BCUT2D eigenvalue weighted by Gasteiger charge is 2.50. The van der Waals surface area contributed by atoms with Crippen LogP contribution < -0.4 is 0 Å². The van der Waals surface area contributed by atoms with Gasteiger partial charge in [0.25, 0.3) is 0 Å². The zero-order valence-corrected chi connectivity index (χ0v) is 21.9. The molecule has 0 aliphatic rings. The Morgan fingerprint density at radius 1 is 0.767 bits per heavy atom. The molecule has 0 spiro atoms. The van der Waals surface area contributed by atoms with Crippen LogP contribution in [-0.4, -0.2) is 12.8 Å². The van der Waals surface area contributed by atoms with E-state index < -0.39 is 0 Å². The smallest absolute Gasteiger partial charge is 0.0707 e. The van der Waals surface area contributed by atoms with Crippen molar-refractivity contribution in [2.24, 2.45) is 21.7 Å². The minimum Gasteiger partial charge on any atom is -0.265 e. The first-order valence-electron chi connectivity index (χ1n) is 12.5. The fourth-order valence-corrected chi connectivity index (χ4v) is 5.85. The highest BCUT2D eigenvalue weighted by atomic mass is 14.6. The van der Waals surface area contributed by atoms with E-state index in [1.807, 2.05) is 12.4 Å². The van der Waals surface area contributed by atoms with Crippen molar-refractivity contribution in [1.29, 1.82) is 0 Å². The molecule has 0 saturated carbocycles. The molecule has 0 aliphatic carbocycles. The Morgan fingerprint density at radius 2 is 1.30 bits per heavy atom. The van der Waals surface area contributed by atoms with Crippen molar-refractivity contribution in [3.05, 3.63) is 30.1 Å². The third-order valence-electron chi connectivity index (χ3n) is 9.30. The van der Waals surface area contributed by atoms with E-state index in [1.54, 1.807) is 0 Å². The lowest BCUT2D eigenvalue weighted by atomic mass is 9.45. The first-order chi connectivity index (χ1) is 13.9. The van der Waals surface area contributed by atoms with Gasteiger partial charge in [0.2, 0.25) is 0 Å². The van der Waals surface area contributed by atoms with Crippen molar-refractivity contribution in [3.8, 4) is 0 Å². The Kier molecular flexibility index (Phi) is 9.71. The third-order valence-corrected chi connectivity index (χ3v) is 9.30. The zero-order chi connectivity index (χ0) is 23.2. The topological polar surface area (TPSA) is 12.9 Å². The van der Waals surface area contributed by atoms with Gasteiger partial charge >= 0.3 is 0 Å². The standard InChI is InChI=1S/C28H50BN/c1-11-25(6,7)21-24(29)28(14-4,15-5)27(10,13-3)20-23(26(8,9)12-2)22-16-18-30-19-17-22/h16-19,23-24H,11-15,20-21H2,1-10H3. The van der Waals surface area contributed by atoms with E-state index in [4.69, 9.17) is 7.85 Å². The fraction of sp³-hybridized carbons (Fsp3) is 0.821. The van der Waals surface area contributed by atoms with Gasteiger partial charge in [-0.3, -0.25) is 4.98 Å². The summed E-state index contributed by atoms with van der Waals surface area (Å²) >= 11 is 0. The lowest BCUT2D eigenvalue weighted by molar-refractivity contribution is -0.00918. The molecule has 0 amide bonds. The van der Waals surface area contributed by atoms with E-state index >= 15 is 0 Å². The SMILES string of the molecule is [B]C(CC(C)(C)CC)C(CC)(CC)C(C)(CC)CC(c1ccncc1)C(C)(C)CC. The van der Waals surface area contributed by atoms with Gasteiger partial charge in [-0.1, -0.05) is 114 Å². The molecule has 1 nitrogen and oxygen atoms in total. The van der Waals surface area contributed by atoms with Gasteiger partial charge in [-0.2, -0.15) is 0 Å². The van der Waals surface area contributed by atoms with Crippen LogP contribution in [-0.2, 0) is 0 Å². The van der Waals surface area contributed by atoms with Crippen LogP contribution in [0.5, 0.6) is 0 Å². The number of hydrogen-bond acceptors (Lipinski definition) is 1. The van der Waals surface area contributed by atoms with Crippen LogP contribution >= 0.6 is 0 Å². The van der Waals surface area contributed by atoms with E-state index in [2.05, 4.69) is 86.4 Å². The van der Waals surface area contributed by atoms with Crippen LogP contribution in [0.25, 0.3) is 0 Å². The molecule has 1 rings (SSSR count). The van der Waals surface area contributed by atoms with E-state index in [1.165, 1.54) is 24.8 Å². The molecule has 2 heteroatoms. The quantitative estimate of drug-likeness (QED) is 0.295. The van der Waals surface area contributed by atoms with Crippen molar-refractivity contribution in [2.75, 3.05) is 0 Å². The second kappa shape index (κ2) is 10.7. The maximum absolute atomic E-state index is 7.14. The van der Waals surface area contributed by atoms with Crippen LogP contribution in [0.2, 0.25) is 5.82 Å². The largest absolute Gasteiger partial charge is 0.265 e. The summed E-state index contributed by atoms with van der Waals surface area (Å²) in [4.78, 5) is 4.29. The molecule has 2 radical (unpaired) electrons. The van der Waals surface area contributed by atoms with Crippen molar-refractivity contribution < 1.29 is 0 Å². The lowest BCUT2D eigenvalue weighted by Gasteiger charge is -2.56. The van der Waals surface area contributed by atoms with Crippen molar-refractivity contribution in [2.45, 2.75) is 126 Å². The van der Waals surface area contributed by atoms with Crippen LogP contribution in [0.3, 0.4) is 0 Å². The molecule has 30 heavy (non-hydrogen) atoms. The lowest BCUT2D eigenvalue weighted by Crippen LogP contribution is -2.45. The highest BCUT2D eigenvalue weighted by molar-refractivity contribution is 6.12. The molecule has 0 bridgehead atoms. The van der Waals surface area contributed by atoms with Crippen LogP contribution in [0.4, 0.5) is 0 Å². The molecule has 1 heterocycles. The Labute approximate surface area is 190 Å².